The summed E-state index contributed by atoms with van der Waals surface area (Å²) in [5.74, 6) is 1.07. The highest BCUT2D eigenvalue weighted by Crippen LogP contribution is 2.40. The molecule has 0 N–H and O–H groups in total. The number of aromatic nitrogens is 1. The average molecular weight is 330 g/mol. The third kappa shape index (κ3) is 3.29. The monoisotopic (exact) mass is 329 g/mol. The van der Waals surface area contributed by atoms with Gasteiger partial charge in [-0.2, -0.15) is 0 Å². The molecule has 0 saturated heterocycles. The molecule has 0 bridgehead atoms. The molecule has 0 aliphatic rings. The quantitative estimate of drug-likeness (QED) is 0.755. The Morgan fingerprint density at radius 2 is 1.81 bits per heavy atom. The van der Waals surface area contributed by atoms with Crippen LogP contribution in [-0.2, 0) is 9.47 Å². The van der Waals surface area contributed by atoms with Gasteiger partial charge in [0.25, 0.3) is 0 Å². The first-order chi connectivity index (χ1) is 10.1. The summed E-state index contributed by atoms with van der Waals surface area (Å²) < 4.78 is 20.9. The van der Waals surface area contributed by atoms with Gasteiger partial charge < -0.3 is 18.9 Å². The number of nitrogens with zero attached hydrogens (tertiary/aromatic N) is 1. The van der Waals surface area contributed by atoms with E-state index in [1.807, 2.05) is 11.4 Å². The number of rotatable bonds is 6. The number of ether oxygens (including phenoxy) is 4. The van der Waals surface area contributed by atoms with Gasteiger partial charge in [0, 0.05) is 25.2 Å². The van der Waals surface area contributed by atoms with Crippen molar-refractivity contribution in [3.63, 3.8) is 0 Å². The molecule has 0 radical (unpaired) electrons. The Balaban J connectivity index is 2.41. The second kappa shape index (κ2) is 7.09. The van der Waals surface area contributed by atoms with Gasteiger partial charge in [-0.15, -0.1) is 11.3 Å². The highest BCUT2D eigenvalue weighted by atomic mass is 35.5. The van der Waals surface area contributed by atoms with Crippen molar-refractivity contribution in [2.75, 3.05) is 28.4 Å². The Kier molecular flexibility index (Phi) is 5.41. The number of hydrogen-bond acceptors (Lipinski definition) is 6. The Morgan fingerprint density at radius 3 is 2.38 bits per heavy atom. The molecule has 1 aromatic carbocycles. The predicted octanol–water partition coefficient (Wildman–Crippen LogP) is 3.77. The zero-order valence-electron chi connectivity index (χ0n) is 12.2. The lowest BCUT2D eigenvalue weighted by Gasteiger charge is -2.11. The summed E-state index contributed by atoms with van der Waals surface area (Å²) in [6.45, 7) is 0. The SMILES string of the molecule is COc1cc(-c2nc(C(OC)OC)cs2)cc(Cl)c1OC. The fraction of sp³-hybridized carbons (Fsp3) is 0.357. The number of thiazole rings is 1. The maximum atomic E-state index is 6.21. The van der Waals surface area contributed by atoms with Crippen LogP contribution >= 0.6 is 22.9 Å². The summed E-state index contributed by atoms with van der Waals surface area (Å²) in [5.41, 5.74) is 1.56. The molecule has 2 rings (SSSR count). The molecule has 0 fully saturated rings. The van der Waals surface area contributed by atoms with E-state index in [0.29, 0.717) is 22.2 Å². The van der Waals surface area contributed by atoms with E-state index < -0.39 is 6.29 Å². The molecule has 0 spiro atoms. The van der Waals surface area contributed by atoms with E-state index in [9.17, 15) is 0 Å². The fourth-order valence-electron chi connectivity index (χ4n) is 1.91. The number of halogens is 1. The lowest BCUT2D eigenvalue weighted by atomic mass is 10.2. The Labute approximate surface area is 132 Å². The largest absolute Gasteiger partial charge is 0.493 e. The molecule has 0 atom stereocenters. The number of benzene rings is 1. The van der Waals surface area contributed by atoms with Crippen LogP contribution in [0.2, 0.25) is 5.02 Å². The maximum Gasteiger partial charge on any atom is 0.201 e. The summed E-state index contributed by atoms with van der Waals surface area (Å²) >= 11 is 7.69. The van der Waals surface area contributed by atoms with Gasteiger partial charge in [0.2, 0.25) is 6.29 Å². The molecule has 1 heterocycles. The first-order valence-corrected chi connectivity index (χ1v) is 7.33. The second-order valence-electron chi connectivity index (χ2n) is 4.07. The molecule has 0 aliphatic heterocycles. The van der Waals surface area contributed by atoms with E-state index in [2.05, 4.69) is 4.98 Å². The summed E-state index contributed by atoms with van der Waals surface area (Å²) in [6, 6.07) is 3.63. The molecule has 7 heteroatoms. The number of methoxy groups -OCH3 is 4. The van der Waals surface area contributed by atoms with E-state index >= 15 is 0 Å². The Bertz CT molecular complexity index is 613. The van der Waals surface area contributed by atoms with Gasteiger partial charge in [-0.05, 0) is 12.1 Å². The Hall–Kier alpha value is -1.34. The van der Waals surface area contributed by atoms with E-state index in [1.54, 1.807) is 34.5 Å². The van der Waals surface area contributed by atoms with Gasteiger partial charge in [-0.3, -0.25) is 0 Å². The van der Waals surface area contributed by atoms with Crippen LogP contribution in [0.3, 0.4) is 0 Å². The lowest BCUT2D eigenvalue weighted by molar-refractivity contribution is -0.108. The molecular formula is C14H16ClNO4S. The standard InChI is InChI=1S/C14H16ClNO4S/c1-17-11-6-8(5-9(15)12(11)18-2)13-16-10(7-21-13)14(19-3)20-4/h5-7,14H,1-4H3. The predicted molar refractivity (Wildman–Crippen MR) is 82.4 cm³/mol. The zero-order chi connectivity index (χ0) is 15.4. The van der Waals surface area contributed by atoms with Gasteiger partial charge in [0.15, 0.2) is 11.5 Å². The molecule has 21 heavy (non-hydrogen) atoms. The van der Waals surface area contributed by atoms with Gasteiger partial charge >= 0.3 is 0 Å². The van der Waals surface area contributed by atoms with E-state index in [-0.39, 0.29) is 0 Å². The van der Waals surface area contributed by atoms with Crippen LogP contribution in [0, 0.1) is 0 Å². The van der Waals surface area contributed by atoms with Gasteiger partial charge in [0.05, 0.1) is 19.2 Å². The molecule has 2 aromatic rings. The van der Waals surface area contributed by atoms with Crippen molar-refractivity contribution in [3.05, 3.63) is 28.2 Å². The molecule has 0 amide bonds. The normalized spacial score (nSPS) is 11.0. The van der Waals surface area contributed by atoms with Crippen molar-refractivity contribution in [1.82, 2.24) is 4.98 Å². The van der Waals surface area contributed by atoms with Crippen molar-refractivity contribution in [2.45, 2.75) is 6.29 Å². The van der Waals surface area contributed by atoms with Crippen molar-refractivity contribution >= 4 is 22.9 Å². The second-order valence-corrected chi connectivity index (χ2v) is 5.34. The van der Waals surface area contributed by atoms with Crippen LogP contribution in [0.25, 0.3) is 10.6 Å². The lowest BCUT2D eigenvalue weighted by Crippen LogP contribution is -2.03. The van der Waals surface area contributed by atoms with E-state index in [1.165, 1.54) is 11.3 Å². The summed E-state index contributed by atoms with van der Waals surface area (Å²) in [6.07, 6.45) is -0.481. The minimum atomic E-state index is -0.481. The number of hydrogen-bond donors (Lipinski definition) is 0. The summed E-state index contributed by atoms with van der Waals surface area (Å²) in [5, 5.41) is 3.16. The van der Waals surface area contributed by atoms with E-state index in [4.69, 9.17) is 30.5 Å². The molecule has 5 nitrogen and oxygen atoms in total. The van der Waals surface area contributed by atoms with Gasteiger partial charge in [-0.1, -0.05) is 11.6 Å². The zero-order valence-corrected chi connectivity index (χ0v) is 13.7. The smallest absolute Gasteiger partial charge is 0.201 e. The minimum Gasteiger partial charge on any atom is -0.493 e. The third-order valence-electron chi connectivity index (χ3n) is 2.87. The first kappa shape index (κ1) is 16.0. The van der Waals surface area contributed by atoms with Crippen molar-refractivity contribution < 1.29 is 18.9 Å². The van der Waals surface area contributed by atoms with E-state index in [0.717, 1.165) is 10.6 Å². The van der Waals surface area contributed by atoms with Crippen LogP contribution in [0.5, 0.6) is 11.5 Å². The molecule has 114 valence electrons. The molecule has 0 unspecified atom stereocenters. The summed E-state index contributed by atoms with van der Waals surface area (Å²) in [4.78, 5) is 4.51. The van der Waals surface area contributed by atoms with Crippen molar-refractivity contribution in [3.8, 4) is 22.1 Å². The fourth-order valence-corrected chi connectivity index (χ4v) is 3.00. The Morgan fingerprint density at radius 1 is 1.10 bits per heavy atom. The van der Waals surface area contributed by atoms with Crippen molar-refractivity contribution in [1.29, 1.82) is 0 Å². The highest BCUT2D eigenvalue weighted by molar-refractivity contribution is 7.13. The molecular weight excluding hydrogens is 314 g/mol. The van der Waals surface area contributed by atoms with Crippen LogP contribution < -0.4 is 9.47 Å². The maximum absolute atomic E-state index is 6.21. The van der Waals surface area contributed by atoms with Crippen LogP contribution in [0.4, 0.5) is 0 Å². The summed E-state index contributed by atoms with van der Waals surface area (Å²) in [7, 11) is 6.25. The van der Waals surface area contributed by atoms with Gasteiger partial charge in [-0.25, -0.2) is 4.98 Å². The molecule has 1 aromatic heterocycles. The first-order valence-electron chi connectivity index (χ1n) is 6.07. The molecule has 0 aliphatic carbocycles. The highest BCUT2D eigenvalue weighted by Gasteiger charge is 2.17. The van der Waals surface area contributed by atoms with Crippen LogP contribution in [0.15, 0.2) is 17.5 Å². The average Bonchev–Trinajstić information content (AvgIpc) is 2.97. The van der Waals surface area contributed by atoms with Gasteiger partial charge in [0.1, 0.15) is 10.7 Å². The van der Waals surface area contributed by atoms with Crippen LogP contribution in [-0.4, -0.2) is 33.4 Å². The topological polar surface area (TPSA) is 49.8 Å². The van der Waals surface area contributed by atoms with Crippen LogP contribution in [0.1, 0.15) is 12.0 Å². The minimum absolute atomic E-state index is 0.471. The van der Waals surface area contributed by atoms with Crippen molar-refractivity contribution in [2.24, 2.45) is 0 Å². The molecule has 0 saturated carbocycles. The third-order valence-corrected chi connectivity index (χ3v) is 4.06.